The highest BCUT2D eigenvalue weighted by molar-refractivity contribution is 5.71. The molecule has 0 amide bonds. The molecule has 1 aromatic carbocycles. The van der Waals surface area contributed by atoms with Crippen LogP contribution < -0.4 is 14.2 Å². The first-order valence-electron chi connectivity index (χ1n) is 5.92. The lowest BCUT2D eigenvalue weighted by molar-refractivity contribution is -0.157. The van der Waals surface area contributed by atoms with Gasteiger partial charge < -0.3 is 18.9 Å². The van der Waals surface area contributed by atoms with Gasteiger partial charge in [0, 0.05) is 6.07 Å². The molecule has 0 saturated heterocycles. The Morgan fingerprint density at radius 2 is 1.74 bits per heavy atom. The molecule has 0 aliphatic rings. The van der Waals surface area contributed by atoms with Gasteiger partial charge in [-0.2, -0.15) is 0 Å². The predicted molar refractivity (Wildman–Crippen MR) is 70.9 cm³/mol. The second-order valence-electron chi connectivity index (χ2n) is 4.89. The SMILES string of the molecule is COc1ccc(OCC(=O)OC(C)(C)C)cc1OC. The molecule has 0 N–H and O–H groups in total. The van der Waals surface area contributed by atoms with Gasteiger partial charge in [-0.05, 0) is 32.9 Å². The molecule has 19 heavy (non-hydrogen) atoms. The maximum absolute atomic E-state index is 11.5. The maximum atomic E-state index is 11.5. The van der Waals surface area contributed by atoms with Crippen LogP contribution >= 0.6 is 0 Å². The molecular formula is C14H20O5. The van der Waals surface area contributed by atoms with Gasteiger partial charge in [-0.25, -0.2) is 4.79 Å². The number of methoxy groups -OCH3 is 2. The fourth-order valence-electron chi connectivity index (χ4n) is 1.42. The summed E-state index contributed by atoms with van der Waals surface area (Å²) in [6.45, 7) is 5.27. The highest BCUT2D eigenvalue weighted by Gasteiger charge is 2.16. The van der Waals surface area contributed by atoms with Crippen LogP contribution in [-0.4, -0.2) is 32.4 Å². The van der Waals surface area contributed by atoms with Gasteiger partial charge in [-0.1, -0.05) is 0 Å². The molecule has 0 aliphatic carbocycles. The van der Waals surface area contributed by atoms with Gasteiger partial charge >= 0.3 is 5.97 Å². The highest BCUT2D eigenvalue weighted by atomic mass is 16.6. The first-order chi connectivity index (χ1) is 8.85. The van der Waals surface area contributed by atoms with E-state index in [4.69, 9.17) is 18.9 Å². The molecule has 0 aliphatic heterocycles. The zero-order chi connectivity index (χ0) is 14.5. The van der Waals surface area contributed by atoms with Crippen LogP contribution in [0.4, 0.5) is 0 Å². The summed E-state index contributed by atoms with van der Waals surface area (Å²) in [7, 11) is 3.09. The first-order valence-corrected chi connectivity index (χ1v) is 5.92. The number of hydrogen-bond acceptors (Lipinski definition) is 5. The smallest absolute Gasteiger partial charge is 0.344 e. The fraction of sp³-hybridized carbons (Fsp3) is 0.500. The van der Waals surface area contributed by atoms with Gasteiger partial charge in [0.15, 0.2) is 18.1 Å². The van der Waals surface area contributed by atoms with Crippen LogP contribution in [0.3, 0.4) is 0 Å². The Morgan fingerprint density at radius 3 is 2.26 bits per heavy atom. The topological polar surface area (TPSA) is 54.0 Å². The summed E-state index contributed by atoms with van der Waals surface area (Å²) in [6, 6.07) is 5.07. The first kappa shape index (κ1) is 15.1. The Balaban J connectivity index is 2.61. The van der Waals surface area contributed by atoms with Gasteiger partial charge in [0.25, 0.3) is 0 Å². The molecule has 106 valence electrons. The molecule has 0 fully saturated rings. The zero-order valence-corrected chi connectivity index (χ0v) is 12.0. The highest BCUT2D eigenvalue weighted by Crippen LogP contribution is 2.30. The number of carbonyl (C=O) groups excluding carboxylic acids is 1. The van der Waals surface area contributed by atoms with E-state index in [1.165, 1.54) is 7.11 Å². The molecule has 0 heterocycles. The van der Waals surface area contributed by atoms with Crippen LogP contribution in [0.2, 0.25) is 0 Å². The number of rotatable bonds is 5. The van der Waals surface area contributed by atoms with Crippen LogP contribution in [0.1, 0.15) is 20.8 Å². The van der Waals surface area contributed by atoms with E-state index in [9.17, 15) is 4.79 Å². The summed E-state index contributed by atoms with van der Waals surface area (Å²) in [6.07, 6.45) is 0. The van der Waals surface area contributed by atoms with Gasteiger partial charge in [0.05, 0.1) is 14.2 Å². The Morgan fingerprint density at radius 1 is 1.11 bits per heavy atom. The summed E-state index contributed by atoms with van der Waals surface area (Å²) in [5.74, 6) is 1.25. The van der Waals surface area contributed by atoms with Crippen LogP contribution in [0.25, 0.3) is 0 Å². The van der Waals surface area contributed by atoms with Crippen molar-refractivity contribution in [1.82, 2.24) is 0 Å². The van der Waals surface area contributed by atoms with E-state index in [0.717, 1.165) is 0 Å². The van der Waals surface area contributed by atoms with Gasteiger partial charge in [0.1, 0.15) is 11.4 Å². The average molecular weight is 268 g/mol. The van der Waals surface area contributed by atoms with E-state index in [0.29, 0.717) is 17.2 Å². The number of esters is 1. The lowest BCUT2D eigenvalue weighted by Gasteiger charge is -2.19. The van der Waals surface area contributed by atoms with Crippen LogP contribution in [0.5, 0.6) is 17.2 Å². The minimum atomic E-state index is -0.516. The maximum Gasteiger partial charge on any atom is 0.344 e. The third kappa shape index (κ3) is 5.07. The molecule has 1 aromatic rings. The van der Waals surface area contributed by atoms with Crippen LogP contribution in [0.15, 0.2) is 18.2 Å². The van der Waals surface area contributed by atoms with Crippen molar-refractivity contribution in [2.75, 3.05) is 20.8 Å². The summed E-state index contributed by atoms with van der Waals surface area (Å²) in [5, 5.41) is 0. The van der Waals surface area contributed by atoms with Crippen molar-refractivity contribution in [3.63, 3.8) is 0 Å². The van der Waals surface area contributed by atoms with Crippen LogP contribution in [0, 0.1) is 0 Å². The number of benzene rings is 1. The monoisotopic (exact) mass is 268 g/mol. The second kappa shape index (κ2) is 6.31. The summed E-state index contributed by atoms with van der Waals surface area (Å²) in [5.41, 5.74) is -0.516. The molecule has 0 saturated carbocycles. The number of ether oxygens (including phenoxy) is 4. The number of hydrogen-bond donors (Lipinski definition) is 0. The van der Waals surface area contributed by atoms with Crippen molar-refractivity contribution in [2.45, 2.75) is 26.4 Å². The van der Waals surface area contributed by atoms with Crippen molar-refractivity contribution in [3.05, 3.63) is 18.2 Å². The molecule has 0 bridgehead atoms. The van der Waals surface area contributed by atoms with Gasteiger partial charge in [-0.15, -0.1) is 0 Å². The standard InChI is InChI=1S/C14H20O5/c1-14(2,3)19-13(15)9-18-10-6-7-11(16-4)12(8-10)17-5/h6-8H,9H2,1-5H3. The molecule has 0 aromatic heterocycles. The summed E-state index contributed by atoms with van der Waals surface area (Å²) in [4.78, 5) is 11.5. The van der Waals surface area contributed by atoms with E-state index in [-0.39, 0.29) is 6.61 Å². The zero-order valence-electron chi connectivity index (χ0n) is 12.0. The van der Waals surface area contributed by atoms with Gasteiger partial charge in [0.2, 0.25) is 0 Å². The molecule has 5 nitrogen and oxygen atoms in total. The normalized spacial score (nSPS) is 10.8. The van der Waals surface area contributed by atoms with Crippen molar-refractivity contribution < 1.29 is 23.7 Å². The van der Waals surface area contributed by atoms with E-state index in [2.05, 4.69) is 0 Å². The molecule has 0 spiro atoms. The third-order valence-electron chi connectivity index (χ3n) is 2.13. The molecule has 5 heteroatoms. The number of carbonyl (C=O) groups is 1. The second-order valence-corrected chi connectivity index (χ2v) is 4.89. The lowest BCUT2D eigenvalue weighted by Crippen LogP contribution is -2.27. The Labute approximate surface area is 113 Å². The molecule has 0 radical (unpaired) electrons. The Hall–Kier alpha value is -1.91. The van der Waals surface area contributed by atoms with E-state index in [1.807, 2.05) is 0 Å². The minimum Gasteiger partial charge on any atom is -0.493 e. The summed E-state index contributed by atoms with van der Waals surface area (Å²) >= 11 is 0. The van der Waals surface area contributed by atoms with Crippen molar-refractivity contribution in [3.8, 4) is 17.2 Å². The molecule has 0 atom stereocenters. The lowest BCUT2D eigenvalue weighted by atomic mass is 10.2. The van der Waals surface area contributed by atoms with Gasteiger partial charge in [-0.3, -0.25) is 0 Å². The Bertz CT molecular complexity index is 434. The van der Waals surface area contributed by atoms with Crippen molar-refractivity contribution in [1.29, 1.82) is 0 Å². The molecule has 1 rings (SSSR count). The van der Waals surface area contributed by atoms with E-state index < -0.39 is 11.6 Å². The van der Waals surface area contributed by atoms with Crippen LogP contribution in [-0.2, 0) is 9.53 Å². The molecule has 0 unspecified atom stereocenters. The minimum absolute atomic E-state index is 0.146. The summed E-state index contributed by atoms with van der Waals surface area (Å²) < 4.78 is 20.7. The Kier molecular flexibility index (Phi) is 5.03. The quantitative estimate of drug-likeness (QED) is 0.768. The van der Waals surface area contributed by atoms with E-state index in [1.54, 1.807) is 46.1 Å². The fourth-order valence-corrected chi connectivity index (χ4v) is 1.42. The third-order valence-corrected chi connectivity index (χ3v) is 2.13. The molecular weight excluding hydrogens is 248 g/mol. The largest absolute Gasteiger partial charge is 0.493 e. The van der Waals surface area contributed by atoms with E-state index >= 15 is 0 Å². The van der Waals surface area contributed by atoms with Crippen molar-refractivity contribution in [2.24, 2.45) is 0 Å². The predicted octanol–water partition coefficient (Wildman–Crippen LogP) is 2.42. The average Bonchev–Trinajstić information content (AvgIpc) is 2.33. The van der Waals surface area contributed by atoms with Crippen molar-refractivity contribution >= 4 is 5.97 Å².